The van der Waals surface area contributed by atoms with Crippen LogP contribution < -0.4 is 0 Å². The summed E-state index contributed by atoms with van der Waals surface area (Å²) in [6, 6.07) is 2.30. The van der Waals surface area contributed by atoms with Crippen molar-refractivity contribution in [2.75, 3.05) is 13.1 Å². The second kappa shape index (κ2) is 7.32. The highest BCUT2D eigenvalue weighted by Gasteiger charge is 2.26. The van der Waals surface area contributed by atoms with Gasteiger partial charge in [-0.05, 0) is 25.7 Å². The summed E-state index contributed by atoms with van der Waals surface area (Å²) in [6.07, 6.45) is 5.96. The molecule has 1 aliphatic heterocycles. The molecule has 0 saturated carbocycles. The predicted octanol–water partition coefficient (Wildman–Crippen LogP) is 2.96. The highest BCUT2D eigenvalue weighted by Crippen LogP contribution is 2.21. The largest absolute Gasteiger partial charge is 0.342 e. The van der Waals surface area contributed by atoms with E-state index in [1.54, 1.807) is 0 Å². The van der Waals surface area contributed by atoms with Crippen molar-refractivity contribution in [3.63, 3.8) is 0 Å². The maximum atomic E-state index is 12.3. The molecule has 3 heteroatoms. The third kappa shape index (κ3) is 4.03. The molecule has 1 unspecified atom stereocenters. The summed E-state index contributed by atoms with van der Waals surface area (Å²) in [5.41, 5.74) is 0. The van der Waals surface area contributed by atoms with E-state index in [0.29, 0.717) is 5.91 Å². The van der Waals surface area contributed by atoms with E-state index in [2.05, 4.69) is 19.9 Å². The second-order valence-corrected chi connectivity index (χ2v) is 4.98. The van der Waals surface area contributed by atoms with Crippen molar-refractivity contribution >= 4 is 5.91 Å². The van der Waals surface area contributed by atoms with Crippen LogP contribution in [0.2, 0.25) is 0 Å². The van der Waals surface area contributed by atoms with Gasteiger partial charge in [0.25, 0.3) is 0 Å². The van der Waals surface area contributed by atoms with Crippen molar-refractivity contribution in [2.24, 2.45) is 11.8 Å². The Labute approximate surface area is 105 Å². The number of nitriles is 1. The number of likely N-dealkylation sites (tertiary alicyclic amines) is 1. The van der Waals surface area contributed by atoms with Gasteiger partial charge in [-0.3, -0.25) is 4.79 Å². The van der Waals surface area contributed by atoms with Crippen LogP contribution in [0.3, 0.4) is 0 Å². The van der Waals surface area contributed by atoms with Crippen molar-refractivity contribution in [3.05, 3.63) is 0 Å². The molecule has 0 N–H and O–H groups in total. The molecule has 0 spiro atoms. The first-order valence-electron chi connectivity index (χ1n) is 6.91. The second-order valence-electron chi connectivity index (χ2n) is 4.98. The monoisotopic (exact) mass is 236 g/mol. The Morgan fingerprint density at radius 1 is 1.41 bits per heavy atom. The Kier molecular flexibility index (Phi) is 6.04. The number of rotatable bonds is 5. The predicted molar refractivity (Wildman–Crippen MR) is 68.2 cm³/mol. The van der Waals surface area contributed by atoms with Crippen molar-refractivity contribution < 1.29 is 4.79 Å². The first-order chi connectivity index (χ1) is 8.22. The fourth-order valence-corrected chi connectivity index (χ4v) is 2.44. The molecule has 0 aromatic heterocycles. The Morgan fingerprint density at radius 3 is 2.53 bits per heavy atom. The van der Waals surface area contributed by atoms with E-state index in [1.165, 1.54) is 0 Å². The average molecular weight is 236 g/mol. The molecule has 1 heterocycles. The molecule has 0 aromatic carbocycles. The van der Waals surface area contributed by atoms with Gasteiger partial charge in [-0.25, -0.2) is 0 Å². The number of unbranched alkanes of at least 4 members (excludes halogenated alkanes) is 1. The molecule has 1 aliphatic rings. The minimum atomic E-state index is 0.162. The van der Waals surface area contributed by atoms with E-state index in [9.17, 15) is 4.79 Å². The van der Waals surface area contributed by atoms with Crippen LogP contribution in [-0.2, 0) is 4.79 Å². The highest BCUT2D eigenvalue weighted by molar-refractivity contribution is 5.78. The summed E-state index contributed by atoms with van der Waals surface area (Å²) in [6.45, 7) is 5.81. The number of carbonyl (C=O) groups is 1. The molecule has 0 bridgehead atoms. The molecule has 1 rings (SSSR count). The summed E-state index contributed by atoms with van der Waals surface area (Å²) in [5, 5.41) is 8.83. The van der Waals surface area contributed by atoms with Gasteiger partial charge in [-0.1, -0.05) is 26.7 Å². The smallest absolute Gasteiger partial charge is 0.225 e. The number of hydrogen-bond donors (Lipinski definition) is 0. The number of amides is 1. The van der Waals surface area contributed by atoms with E-state index >= 15 is 0 Å². The standard InChI is InChI=1S/C14H24N2O/c1-3-5-6-13(4-2)14(17)16-9-7-12(11-15)8-10-16/h12-13H,3-10H2,1-2H3. The van der Waals surface area contributed by atoms with E-state index in [1.807, 2.05) is 4.90 Å². The van der Waals surface area contributed by atoms with Crippen LogP contribution in [0, 0.1) is 23.2 Å². The normalized spacial score (nSPS) is 18.8. The van der Waals surface area contributed by atoms with Crippen LogP contribution in [0.15, 0.2) is 0 Å². The molecule has 96 valence electrons. The van der Waals surface area contributed by atoms with Gasteiger partial charge < -0.3 is 4.90 Å². The van der Waals surface area contributed by atoms with Crippen LogP contribution in [0.4, 0.5) is 0 Å². The summed E-state index contributed by atoms with van der Waals surface area (Å²) in [7, 11) is 0. The highest BCUT2D eigenvalue weighted by atomic mass is 16.2. The van der Waals surface area contributed by atoms with E-state index < -0.39 is 0 Å². The van der Waals surface area contributed by atoms with Gasteiger partial charge in [0.1, 0.15) is 0 Å². The lowest BCUT2D eigenvalue weighted by Gasteiger charge is -2.32. The minimum absolute atomic E-state index is 0.162. The van der Waals surface area contributed by atoms with E-state index in [4.69, 9.17) is 5.26 Å². The quantitative estimate of drug-likeness (QED) is 0.736. The van der Waals surface area contributed by atoms with Gasteiger partial charge in [0, 0.05) is 24.9 Å². The molecule has 1 atom stereocenters. The van der Waals surface area contributed by atoms with E-state index in [-0.39, 0.29) is 11.8 Å². The Balaban J connectivity index is 2.43. The Bertz CT molecular complexity index is 274. The Hall–Kier alpha value is -1.04. The fraction of sp³-hybridized carbons (Fsp3) is 0.857. The summed E-state index contributed by atoms with van der Waals surface area (Å²) in [4.78, 5) is 14.2. The zero-order valence-electron chi connectivity index (χ0n) is 11.1. The van der Waals surface area contributed by atoms with Crippen molar-refractivity contribution in [3.8, 4) is 6.07 Å². The SMILES string of the molecule is CCCCC(CC)C(=O)N1CCC(C#N)CC1. The van der Waals surface area contributed by atoms with Crippen molar-refractivity contribution in [1.82, 2.24) is 4.90 Å². The maximum absolute atomic E-state index is 12.3. The third-order valence-corrected chi connectivity index (χ3v) is 3.74. The van der Waals surface area contributed by atoms with Gasteiger partial charge in [-0.2, -0.15) is 5.26 Å². The third-order valence-electron chi connectivity index (χ3n) is 3.74. The first kappa shape index (κ1) is 14.0. The van der Waals surface area contributed by atoms with Gasteiger partial charge in [0.05, 0.1) is 6.07 Å². The van der Waals surface area contributed by atoms with Crippen LogP contribution >= 0.6 is 0 Å². The maximum Gasteiger partial charge on any atom is 0.225 e. The topological polar surface area (TPSA) is 44.1 Å². The lowest BCUT2D eigenvalue weighted by atomic mass is 9.94. The summed E-state index contributed by atoms with van der Waals surface area (Å²) < 4.78 is 0. The molecular formula is C14H24N2O. The van der Waals surface area contributed by atoms with Gasteiger partial charge in [0.15, 0.2) is 0 Å². The molecular weight excluding hydrogens is 212 g/mol. The Morgan fingerprint density at radius 2 is 2.06 bits per heavy atom. The van der Waals surface area contributed by atoms with Crippen molar-refractivity contribution in [1.29, 1.82) is 5.26 Å². The van der Waals surface area contributed by atoms with Gasteiger partial charge in [-0.15, -0.1) is 0 Å². The fourth-order valence-electron chi connectivity index (χ4n) is 2.44. The first-order valence-corrected chi connectivity index (χ1v) is 6.91. The van der Waals surface area contributed by atoms with Gasteiger partial charge in [0.2, 0.25) is 5.91 Å². The van der Waals surface area contributed by atoms with Crippen LogP contribution in [0.5, 0.6) is 0 Å². The molecule has 3 nitrogen and oxygen atoms in total. The molecule has 1 saturated heterocycles. The zero-order valence-corrected chi connectivity index (χ0v) is 11.1. The van der Waals surface area contributed by atoms with Crippen LogP contribution in [0.1, 0.15) is 52.4 Å². The zero-order chi connectivity index (χ0) is 12.7. The average Bonchev–Trinajstić information content (AvgIpc) is 2.39. The lowest BCUT2D eigenvalue weighted by molar-refractivity contribution is -0.137. The molecule has 0 radical (unpaired) electrons. The van der Waals surface area contributed by atoms with Crippen molar-refractivity contribution in [2.45, 2.75) is 52.4 Å². The molecule has 0 aliphatic carbocycles. The summed E-state index contributed by atoms with van der Waals surface area (Å²) >= 11 is 0. The minimum Gasteiger partial charge on any atom is -0.342 e. The van der Waals surface area contributed by atoms with Crippen LogP contribution in [-0.4, -0.2) is 23.9 Å². The number of carbonyl (C=O) groups excluding carboxylic acids is 1. The molecule has 17 heavy (non-hydrogen) atoms. The van der Waals surface area contributed by atoms with E-state index in [0.717, 1.165) is 51.6 Å². The molecule has 1 amide bonds. The van der Waals surface area contributed by atoms with Gasteiger partial charge >= 0.3 is 0 Å². The van der Waals surface area contributed by atoms with Crippen LogP contribution in [0.25, 0.3) is 0 Å². The number of hydrogen-bond acceptors (Lipinski definition) is 2. The number of piperidine rings is 1. The molecule has 0 aromatic rings. The number of nitrogens with zero attached hydrogens (tertiary/aromatic N) is 2. The lowest BCUT2D eigenvalue weighted by Crippen LogP contribution is -2.41. The summed E-state index contributed by atoms with van der Waals surface area (Å²) in [5.74, 6) is 0.681. The molecule has 1 fully saturated rings.